The van der Waals surface area contributed by atoms with Crippen LogP contribution >= 0.6 is 0 Å². The lowest BCUT2D eigenvalue weighted by Crippen LogP contribution is -2.12. The maximum Gasteiger partial charge on any atom is 0.313 e. The molecule has 0 amide bonds. The summed E-state index contributed by atoms with van der Waals surface area (Å²) in [7, 11) is 0. The van der Waals surface area contributed by atoms with E-state index in [0.29, 0.717) is 26.1 Å². The van der Waals surface area contributed by atoms with E-state index in [1.165, 1.54) is 0 Å². The van der Waals surface area contributed by atoms with Gasteiger partial charge in [0.2, 0.25) is 0 Å². The quantitative estimate of drug-likeness (QED) is 0.347. The van der Waals surface area contributed by atoms with Crippen molar-refractivity contribution in [3.05, 3.63) is 0 Å². The second kappa shape index (κ2) is 10.6. The van der Waals surface area contributed by atoms with Crippen LogP contribution in [-0.4, -0.2) is 25.2 Å². The van der Waals surface area contributed by atoms with Gasteiger partial charge in [0, 0.05) is 26.1 Å². The summed E-state index contributed by atoms with van der Waals surface area (Å²) in [6.45, 7) is 5.14. The van der Waals surface area contributed by atoms with Gasteiger partial charge in [-0.15, -0.1) is 0 Å². The van der Waals surface area contributed by atoms with Crippen molar-refractivity contribution in [2.24, 2.45) is 0 Å². The molecule has 94 valence electrons. The molecular weight excluding hydrogens is 208 g/mol. The minimum absolute atomic E-state index is 0.250. The van der Waals surface area contributed by atoms with E-state index in [2.05, 4.69) is 11.7 Å². The molecule has 16 heavy (non-hydrogen) atoms. The van der Waals surface area contributed by atoms with Crippen LogP contribution in [0.2, 0.25) is 0 Å². The van der Waals surface area contributed by atoms with Crippen LogP contribution in [0.15, 0.2) is 0 Å². The highest BCUT2D eigenvalue weighted by atomic mass is 16.6. The molecule has 0 aliphatic heterocycles. The van der Waals surface area contributed by atoms with Crippen LogP contribution in [0.25, 0.3) is 0 Å². The van der Waals surface area contributed by atoms with Crippen LogP contribution in [0.3, 0.4) is 0 Å². The maximum atomic E-state index is 11.2. The lowest BCUT2D eigenvalue weighted by molar-refractivity contribution is -0.159. The Hall–Kier alpha value is -0.900. The third-order valence-electron chi connectivity index (χ3n) is 2.09. The molecule has 0 unspecified atom stereocenters. The SMILES string of the molecule is CCCCCC(=O)OC(=O)CCCOCC. The van der Waals surface area contributed by atoms with E-state index in [1.54, 1.807) is 0 Å². The average Bonchev–Trinajstić information content (AvgIpc) is 2.25. The molecule has 0 atom stereocenters. The summed E-state index contributed by atoms with van der Waals surface area (Å²) in [4.78, 5) is 22.3. The number of carbonyl (C=O) groups is 2. The molecule has 0 heterocycles. The number of hydrogen-bond acceptors (Lipinski definition) is 4. The van der Waals surface area contributed by atoms with Gasteiger partial charge in [-0.05, 0) is 19.8 Å². The highest BCUT2D eigenvalue weighted by Gasteiger charge is 2.09. The predicted octanol–water partition coefficient (Wildman–Crippen LogP) is 2.45. The van der Waals surface area contributed by atoms with Gasteiger partial charge in [-0.3, -0.25) is 9.59 Å². The molecular formula is C12H22O4. The first-order chi connectivity index (χ1) is 7.70. The number of esters is 2. The van der Waals surface area contributed by atoms with Gasteiger partial charge in [0.25, 0.3) is 0 Å². The summed E-state index contributed by atoms with van der Waals surface area (Å²) >= 11 is 0. The summed E-state index contributed by atoms with van der Waals surface area (Å²) in [5, 5.41) is 0. The van der Waals surface area contributed by atoms with E-state index < -0.39 is 11.9 Å². The van der Waals surface area contributed by atoms with Crippen LogP contribution in [0.5, 0.6) is 0 Å². The van der Waals surface area contributed by atoms with E-state index >= 15 is 0 Å². The molecule has 0 aromatic heterocycles. The Kier molecular flexibility index (Phi) is 10.0. The van der Waals surface area contributed by atoms with Crippen LogP contribution in [-0.2, 0) is 19.1 Å². The van der Waals surface area contributed by atoms with E-state index in [0.717, 1.165) is 19.3 Å². The van der Waals surface area contributed by atoms with Crippen molar-refractivity contribution in [3.63, 3.8) is 0 Å². The summed E-state index contributed by atoms with van der Waals surface area (Å²) in [5.74, 6) is -0.851. The second-order valence-corrected chi connectivity index (χ2v) is 3.60. The fourth-order valence-corrected chi connectivity index (χ4v) is 1.21. The molecule has 4 nitrogen and oxygen atoms in total. The minimum atomic E-state index is -0.443. The zero-order valence-electron chi connectivity index (χ0n) is 10.3. The van der Waals surface area contributed by atoms with E-state index in [4.69, 9.17) is 4.74 Å². The standard InChI is InChI=1S/C12H22O4/c1-3-5-6-8-11(13)16-12(14)9-7-10-15-4-2/h3-10H2,1-2H3. The molecule has 0 radical (unpaired) electrons. The topological polar surface area (TPSA) is 52.6 Å². The Morgan fingerprint density at radius 2 is 1.56 bits per heavy atom. The van der Waals surface area contributed by atoms with Crippen molar-refractivity contribution < 1.29 is 19.1 Å². The van der Waals surface area contributed by atoms with E-state index in [1.807, 2.05) is 6.92 Å². The molecule has 0 N–H and O–H groups in total. The fourth-order valence-electron chi connectivity index (χ4n) is 1.21. The Labute approximate surface area is 97.3 Å². The predicted molar refractivity (Wildman–Crippen MR) is 61.0 cm³/mol. The molecule has 0 rings (SSSR count). The smallest absolute Gasteiger partial charge is 0.313 e. The summed E-state index contributed by atoms with van der Waals surface area (Å²) in [6.07, 6.45) is 4.03. The average molecular weight is 230 g/mol. The first-order valence-corrected chi connectivity index (χ1v) is 6.02. The number of rotatable bonds is 9. The highest BCUT2D eigenvalue weighted by molar-refractivity contribution is 5.85. The van der Waals surface area contributed by atoms with E-state index in [-0.39, 0.29) is 6.42 Å². The van der Waals surface area contributed by atoms with Gasteiger partial charge in [0.05, 0.1) is 0 Å². The van der Waals surface area contributed by atoms with Gasteiger partial charge >= 0.3 is 11.9 Å². The highest BCUT2D eigenvalue weighted by Crippen LogP contribution is 2.02. The number of carbonyl (C=O) groups excluding carboxylic acids is 2. The third-order valence-corrected chi connectivity index (χ3v) is 2.09. The number of unbranched alkanes of at least 4 members (excludes halogenated alkanes) is 2. The molecule has 0 aromatic rings. The van der Waals surface area contributed by atoms with Crippen LogP contribution in [0, 0.1) is 0 Å². The zero-order valence-corrected chi connectivity index (χ0v) is 10.3. The molecule has 0 aromatic carbocycles. The zero-order chi connectivity index (χ0) is 12.2. The van der Waals surface area contributed by atoms with Gasteiger partial charge < -0.3 is 9.47 Å². The van der Waals surface area contributed by atoms with Gasteiger partial charge in [0.15, 0.2) is 0 Å². The molecule has 0 aliphatic carbocycles. The van der Waals surface area contributed by atoms with Crippen LogP contribution < -0.4 is 0 Å². The Morgan fingerprint density at radius 1 is 0.938 bits per heavy atom. The molecule has 0 aliphatic rings. The second-order valence-electron chi connectivity index (χ2n) is 3.60. The van der Waals surface area contributed by atoms with Crippen molar-refractivity contribution in [3.8, 4) is 0 Å². The van der Waals surface area contributed by atoms with Crippen molar-refractivity contribution in [2.45, 2.75) is 52.4 Å². The van der Waals surface area contributed by atoms with Crippen LogP contribution in [0.4, 0.5) is 0 Å². The monoisotopic (exact) mass is 230 g/mol. The van der Waals surface area contributed by atoms with Crippen LogP contribution in [0.1, 0.15) is 52.4 Å². The Balaban J connectivity index is 3.43. The lowest BCUT2D eigenvalue weighted by Gasteiger charge is -2.03. The Morgan fingerprint density at radius 3 is 2.12 bits per heavy atom. The largest absolute Gasteiger partial charge is 0.393 e. The first kappa shape index (κ1) is 15.1. The van der Waals surface area contributed by atoms with Crippen molar-refractivity contribution in [1.82, 2.24) is 0 Å². The molecule has 0 saturated carbocycles. The minimum Gasteiger partial charge on any atom is -0.393 e. The molecule has 4 heteroatoms. The van der Waals surface area contributed by atoms with Gasteiger partial charge in [-0.2, -0.15) is 0 Å². The van der Waals surface area contributed by atoms with Gasteiger partial charge in [-0.25, -0.2) is 0 Å². The summed E-state index contributed by atoms with van der Waals surface area (Å²) in [6, 6.07) is 0. The molecule has 0 saturated heterocycles. The number of ether oxygens (including phenoxy) is 2. The van der Waals surface area contributed by atoms with Crippen molar-refractivity contribution in [1.29, 1.82) is 0 Å². The Bertz CT molecular complexity index is 201. The summed E-state index contributed by atoms with van der Waals surface area (Å²) in [5.41, 5.74) is 0. The maximum absolute atomic E-state index is 11.2. The van der Waals surface area contributed by atoms with Crippen molar-refractivity contribution >= 4 is 11.9 Å². The fraction of sp³-hybridized carbons (Fsp3) is 0.833. The summed E-state index contributed by atoms with van der Waals surface area (Å²) < 4.78 is 9.72. The molecule has 0 fully saturated rings. The molecule has 0 spiro atoms. The van der Waals surface area contributed by atoms with Gasteiger partial charge in [-0.1, -0.05) is 19.8 Å². The molecule has 0 bridgehead atoms. The first-order valence-electron chi connectivity index (χ1n) is 6.02. The van der Waals surface area contributed by atoms with Crippen molar-refractivity contribution in [2.75, 3.05) is 13.2 Å². The number of hydrogen-bond donors (Lipinski definition) is 0. The lowest BCUT2D eigenvalue weighted by atomic mass is 10.2. The third kappa shape index (κ3) is 9.65. The normalized spacial score (nSPS) is 10.1. The van der Waals surface area contributed by atoms with E-state index in [9.17, 15) is 9.59 Å². The van der Waals surface area contributed by atoms with Gasteiger partial charge in [0.1, 0.15) is 0 Å².